The summed E-state index contributed by atoms with van der Waals surface area (Å²) >= 11 is 0. The molecule has 4 nitrogen and oxygen atoms in total. The van der Waals surface area contributed by atoms with E-state index in [-0.39, 0.29) is 5.41 Å². The number of rotatable bonds is 3. The largest absolute Gasteiger partial charge is 0.486 e. The number of hydrogen-bond donors (Lipinski definition) is 1. The Hall–Kier alpha value is -1.26. The molecule has 19 heavy (non-hydrogen) atoms. The van der Waals surface area contributed by atoms with Gasteiger partial charge in [0.15, 0.2) is 11.5 Å². The minimum Gasteiger partial charge on any atom is -0.486 e. The van der Waals surface area contributed by atoms with Crippen LogP contribution in [0.3, 0.4) is 0 Å². The molecule has 0 spiro atoms. The number of fused-ring (bicyclic) bond motifs is 1. The van der Waals surface area contributed by atoms with Gasteiger partial charge in [0, 0.05) is 13.1 Å². The highest BCUT2D eigenvalue weighted by Crippen LogP contribution is 2.33. The van der Waals surface area contributed by atoms with E-state index in [0.29, 0.717) is 13.2 Å². The molecule has 1 unspecified atom stereocenters. The van der Waals surface area contributed by atoms with Crippen molar-refractivity contribution in [1.29, 1.82) is 0 Å². The summed E-state index contributed by atoms with van der Waals surface area (Å²) in [6, 6.07) is 6.25. The van der Waals surface area contributed by atoms with Crippen LogP contribution in [0.15, 0.2) is 18.2 Å². The second-order valence-corrected chi connectivity index (χ2v) is 5.95. The Kier molecular flexibility index (Phi) is 3.37. The van der Waals surface area contributed by atoms with Gasteiger partial charge in [-0.2, -0.15) is 0 Å². The van der Waals surface area contributed by atoms with Gasteiger partial charge in [-0.1, -0.05) is 13.0 Å². The first kappa shape index (κ1) is 12.8. The summed E-state index contributed by atoms with van der Waals surface area (Å²) in [5.41, 5.74) is 7.42. The Morgan fingerprint density at radius 1 is 1.26 bits per heavy atom. The van der Waals surface area contributed by atoms with E-state index in [9.17, 15) is 0 Å². The van der Waals surface area contributed by atoms with Gasteiger partial charge in [-0.15, -0.1) is 0 Å². The molecule has 0 bridgehead atoms. The van der Waals surface area contributed by atoms with E-state index in [1.54, 1.807) is 0 Å². The van der Waals surface area contributed by atoms with Crippen LogP contribution < -0.4 is 15.2 Å². The molecule has 0 aliphatic carbocycles. The third kappa shape index (κ3) is 2.69. The highest BCUT2D eigenvalue weighted by molar-refractivity contribution is 5.43. The van der Waals surface area contributed by atoms with E-state index < -0.39 is 0 Å². The summed E-state index contributed by atoms with van der Waals surface area (Å²) in [4.78, 5) is 2.47. The summed E-state index contributed by atoms with van der Waals surface area (Å²) in [5.74, 6) is 1.74. The van der Waals surface area contributed by atoms with Crippen molar-refractivity contribution in [2.45, 2.75) is 19.9 Å². The summed E-state index contributed by atoms with van der Waals surface area (Å²) < 4.78 is 11.2. The van der Waals surface area contributed by atoms with Crippen molar-refractivity contribution in [3.63, 3.8) is 0 Å². The first-order chi connectivity index (χ1) is 9.18. The SMILES string of the molecule is CC1(CN)CCN(Cc2ccc3c(c2)OCCO3)C1. The maximum Gasteiger partial charge on any atom is 0.161 e. The molecule has 0 aromatic heterocycles. The maximum atomic E-state index is 5.85. The fraction of sp³-hybridized carbons (Fsp3) is 0.600. The molecule has 3 rings (SSSR count). The predicted octanol–water partition coefficient (Wildman–Crippen LogP) is 1.63. The van der Waals surface area contributed by atoms with Crippen LogP contribution in [0, 0.1) is 5.41 Å². The number of nitrogens with two attached hydrogens (primary N) is 1. The summed E-state index contributed by atoms with van der Waals surface area (Å²) in [5, 5.41) is 0. The Morgan fingerprint density at radius 3 is 2.79 bits per heavy atom. The summed E-state index contributed by atoms with van der Waals surface area (Å²) in [6.07, 6.45) is 1.19. The van der Waals surface area contributed by atoms with Gasteiger partial charge in [-0.05, 0) is 42.6 Å². The molecule has 2 N–H and O–H groups in total. The molecule has 0 amide bonds. The van der Waals surface area contributed by atoms with Crippen LogP contribution in [0.5, 0.6) is 11.5 Å². The number of benzene rings is 1. The summed E-state index contributed by atoms with van der Waals surface area (Å²) in [7, 11) is 0. The Bertz CT molecular complexity index is 463. The lowest BCUT2D eigenvalue weighted by Crippen LogP contribution is -2.31. The average molecular weight is 262 g/mol. The van der Waals surface area contributed by atoms with Crippen molar-refractivity contribution < 1.29 is 9.47 Å². The van der Waals surface area contributed by atoms with Gasteiger partial charge in [0.05, 0.1) is 0 Å². The summed E-state index contributed by atoms with van der Waals surface area (Å²) in [6.45, 7) is 7.51. The van der Waals surface area contributed by atoms with Crippen LogP contribution in [0.25, 0.3) is 0 Å². The molecule has 1 fully saturated rings. The molecule has 0 saturated carbocycles. The first-order valence-electron chi connectivity index (χ1n) is 6.99. The second kappa shape index (κ2) is 5.02. The van der Waals surface area contributed by atoms with Gasteiger partial charge >= 0.3 is 0 Å². The minimum absolute atomic E-state index is 0.286. The molecule has 1 aromatic carbocycles. The topological polar surface area (TPSA) is 47.7 Å². The zero-order valence-electron chi connectivity index (χ0n) is 11.5. The van der Waals surface area contributed by atoms with Crippen molar-refractivity contribution >= 4 is 0 Å². The van der Waals surface area contributed by atoms with E-state index in [2.05, 4.69) is 24.0 Å². The van der Waals surface area contributed by atoms with Crippen LogP contribution >= 0.6 is 0 Å². The lowest BCUT2D eigenvalue weighted by molar-refractivity contribution is 0.171. The van der Waals surface area contributed by atoms with Gasteiger partial charge in [0.25, 0.3) is 0 Å². The zero-order valence-corrected chi connectivity index (χ0v) is 11.5. The Morgan fingerprint density at radius 2 is 2.05 bits per heavy atom. The number of nitrogens with zero attached hydrogens (tertiary/aromatic N) is 1. The maximum absolute atomic E-state index is 5.85. The van der Waals surface area contributed by atoms with Crippen LogP contribution in [0.4, 0.5) is 0 Å². The standard InChI is InChI=1S/C15H22N2O2/c1-15(10-16)4-5-17(11-15)9-12-2-3-13-14(8-12)19-7-6-18-13/h2-3,8H,4-7,9-11,16H2,1H3. The third-order valence-corrected chi connectivity index (χ3v) is 4.14. The number of likely N-dealkylation sites (tertiary alicyclic amines) is 1. The van der Waals surface area contributed by atoms with Gasteiger partial charge < -0.3 is 15.2 Å². The Balaban J connectivity index is 1.67. The Labute approximate surface area is 114 Å². The highest BCUT2D eigenvalue weighted by Gasteiger charge is 2.32. The van der Waals surface area contributed by atoms with Crippen LogP contribution in [-0.4, -0.2) is 37.7 Å². The molecule has 2 aliphatic heterocycles. The lowest BCUT2D eigenvalue weighted by Gasteiger charge is -2.23. The normalized spacial score (nSPS) is 26.6. The van der Waals surface area contributed by atoms with Crippen molar-refractivity contribution in [2.24, 2.45) is 11.1 Å². The van der Waals surface area contributed by atoms with E-state index in [0.717, 1.165) is 37.7 Å². The molecule has 2 aliphatic rings. The monoisotopic (exact) mass is 262 g/mol. The second-order valence-electron chi connectivity index (χ2n) is 5.95. The lowest BCUT2D eigenvalue weighted by atomic mass is 9.90. The molecular formula is C15H22N2O2. The van der Waals surface area contributed by atoms with E-state index >= 15 is 0 Å². The predicted molar refractivity (Wildman–Crippen MR) is 74.5 cm³/mol. The van der Waals surface area contributed by atoms with Crippen molar-refractivity contribution in [3.05, 3.63) is 23.8 Å². The number of ether oxygens (including phenoxy) is 2. The van der Waals surface area contributed by atoms with Gasteiger partial charge in [0.1, 0.15) is 13.2 Å². The highest BCUT2D eigenvalue weighted by atomic mass is 16.6. The average Bonchev–Trinajstić information content (AvgIpc) is 2.81. The van der Waals surface area contributed by atoms with E-state index in [4.69, 9.17) is 15.2 Å². The molecule has 4 heteroatoms. The fourth-order valence-electron chi connectivity index (χ4n) is 2.87. The fourth-order valence-corrected chi connectivity index (χ4v) is 2.87. The molecule has 1 saturated heterocycles. The molecule has 2 heterocycles. The molecule has 1 aromatic rings. The first-order valence-corrected chi connectivity index (χ1v) is 6.99. The molecular weight excluding hydrogens is 240 g/mol. The van der Waals surface area contributed by atoms with Crippen molar-refractivity contribution in [1.82, 2.24) is 4.90 Å². The van der Waals surface area contributed by atoms with E-state index in [1.807, 2.05) is 6.07 Å². The van der Waals surface area contributed by atoms with Crippen LogP contribution in [0.2, 0.25) is 0 Å². The van der Waals surface area contributed by atoms with Crippen LogP contribution in [0.1, 0.15) is 18.9 Å². The quantitative estimate of drug-likeness (QED) is 0.899. The number of hydrogen-bond acceptors (Lipinski definition) is 4. The third-order valence-electron chi connectivity index (χ3n) is 4.14. The molecule has 1 atom stereocenters. The van der Waals surface area contributed by atoms with Crippen molar-refractivity contribution in [3.8, 4) is 11.5 Å². The zero-order chi connectivity index (χ0) is 13.3. The smallest absolute Gasteiger partial charge is 0.161 e. The van der Waals surface area contributed by atoms with Crippen LogP contribution in [-0.2, 0) is 6.54 Å². The van der Waals surface area contributed by atoms with Crippen molar-refractivity contribution in [2.75, 3.05) is 32.8 Å². The minimum atomic E-state index is 0.286. The molecule has 0 radical (unpaired) electrons. The van der Waals surface area contributed by atoms with Gasteiger partial charge in [-0.25, -0.2) is 0 Å². The molecule has 104 valence electrons. The van der Waals surface area contributed by atoms with E-state index in [1.165, 1.54) is 12.0 Å². The van der Waals surface area contributed by atoms with Gasteiger partial charge in [0.2, 0.25) is 0 Å². The van der Waals surface area contributed by atoms with Gasteiger partial charge in [-0.3, -0.25) is 4.90 Å².